The van der Waals surface area contributed by atoms with Crippen molar-refractivity contribution in [3.8, 4) is 0 Å². The van der Waals surface area contributed by atoms with Crippen LogP contribution in [0.25, 0.3) is 0 Å². The summed E-state index contributed by atoms with van der Waals surface area (Å²) in [7, 11) is 0. The maximum atomic E-state index is 5.43. The number of thiazole rings is 1. The lowest BCUT2D eigenvalue weighted by Crippen LogP contribution is -2.06. The van der Waals surface area contributed by atoms with E-state index in [1.165, 1.54) is 4.88 Å². The summed E-state index contributed by atoms with van der Waals surface area (Å²) in [5, 5.41) is 12.1. The minimum atomic E-state index is 0.0994. The van der Waals surface area contributed by atoms with Gasteiger partial charge in [-0.15, -0.1) is 16.4 Å². The number of aryl methyl sites for hydroxylation is 2. The molecular weight excluding hydrogens is 250 g/mol. The molecule has 3 N–H and O–H groups in total. The Morgan fingerprint density at radius 2 is 2.17 bits per heavy atom. The van der Waals surface area contributed by atoms with Crippen LogP contribution in [0.2, 0.25) is 0 Å². The van der Waals surface area contributed by atoms with Gasteiger partial charge in [-0.05, 0) is 20.8 Å². The van der Waals surface area contributed by atoms with Crippen LogP contribution in [0.1, 0.15) is 34.4 Å². The summed E-state index contributed by atoms with van der Waals surface area (Å²) in [5.41, 5.74) is 6.47. The fraction of sp³-hybridized carbons (Fsp3) is 0.545. The average Bonchev–Trinajstić information content (AvgIpc) is 2.86. The highest BCUT2D eigenvalue weighted by Crippen LogP contribution is 2.26. The minimum absolute atomic E-state index is 0.0994. The molecule has 1 atom stereocenters. The number of nitrogens with one attached hydrogen (secondary N) is 1. The monoisotopic (exact) mass is 267 g/mol. The summed E-state index contributed by atoms with van der Waals surface area (Å²) in [6.07, 6.45) is 0.599. The molecule has 0 bridgehead atoms. The summed E-state index contributed by atoms with van der Waals surface area (Å²) in [5.74, 6) is 0.560. The van der Waals surface area contributed by atoms with Crippen LogP contribution in [-0.2, 0) is 6.42 Å². The molecule has 0 radical (unpaired) electrons. The summed E-state index contributed by atoms with van der Waals surface area (Å²) in [6.45, 7) is 6.56. The average molecular weight is 267 g/mol. The van der Waals surface area contributed by atoms with Gasteiger partial charge in [0.25, 0.3) is 0 Å². The molecule has 0 aromatic carbocycles. The van der Waals surface area contributed by atoms with Gasteiger partial charge in [-0.3, -0.25) is 0 Å². The van der Waals surface area contributed by atoms with Crippen LogP contribution in [0.15, 0.2) is 4.42 Å². The first-order valence-corrected chi connectivity index (χ1v) is 6.64. The first-order valence-electron chi connectivity index (χ1n) is 5.83. The topological polar surface area (TPSA) is 89.9 Å². The zero-order valence-electron chi connectivity index (χ0n) is 10.7. The Hall–Kier alpha value is -1.47. The zero-order chi connectivity index (χ0) is 13.1. The van der Waals surface area contributed by atoms with Crippen LogP contribution in [0.3, 0.4) is 0 Å². The highest BCUT2D eigenvalue weighted by Gasteiger charge is 2.15. The molecule has 0 spiro atoms. The summed E-state index contributed by atoms with van der Waals surface area (Å²) < 4.78 is 5.43. The molecule has 1 unspecified atom stereocenters. The smallest absolute Gasteiger partial charge is 0.315 e. The quantitative estimate of drug-likeness (QED) is 0.858. The van der Waals surface area contributed by atoms with Crippen molar-refractivity contribution >= 4 is 17.4 Å². The molecule has 6 nitrogen and oxygen atoms in total. The molecule has 7 heteroatoms. The number of rotatable bonds is 5. The maximum absolute atomic E-state index is 5.43. The SMILES string of the molecule is Cc1nc(C)c(C(C)Nc2nnc(CCN)o2)s1. The van der Waals surface area contributed by atoms with E-state index in [0.29, 0.717) is 24.9 Å². The number of anilines is 1. The normalized spacial score (nSPS) is 12.7. The summed E-state index contributed by atoms with van der Waals surface area (Å²) >= 11 is 1.68. The first kappa shape index (κ1) is 13.0. The van der Waals surface area contributed by atoms with E-state index in [1.54, 1.807) is 11.3 Å². The second-order valence-electron chi connectivity index (χ2n) is 4.09. The molecule has 0 aliphatic rings. The molecule has 0 aliphatic heterocycles. The van der Waals surface area contributed by atoms with Gasteiger partial charge in [0.1, 0.15) is 0 Å². The van der Waals surface area contributed by atoms with Gasteiger partial charge in [0, 0.05) is 17.8 Å². The molecule has 0 fully saturated rings. The van der Waals surface area contributed by atoms with Crippen LogP contribution < -0.4 is 11.1 Å². The Morgan fingerprint density at radius 3 is 2.78 bits per heavy atom. The Bertz CT molecular complexity index is 521. The van der Waals surface area contributed by atoms with E-state index in [9.17, 15) is 0 Å². The standard InChI is InChI=1S/C11H17N5OS/c1-6-10(18-8(3)13-6)7(2)14-11-16-15-9(17-11)4-5-12/h7H,4-5,12H2,1-3H3,(H,14,16). The van der Waals surface area contributed by atoms with E-state index in [2.05, 4.69) is 20.5 Å². The van der Waals surface area contributed by atoms with Crippen molar-refractivity contribution in [3.05, 3.63) is 21.5 Å². The molecule has 0 amide bonds. The van der Waals surface area contributed by atoms with E-state index in [4.69, 9.17) is 10.2 Å². The second-order valence-corrected chi connectivity index (χ2v) is 5.32. The van der Waals surface area contributed by atoms with E-state index >= 15 is 0 Å². The van der Waals surface area contributed by atoms with Gasteiger partial charge in [0.15, 0.2) is 0 Å². The van der Waals surface area contributed by atoms with Gasteiger partial charge in [-0.2, -0.15) is 0 Å². The van der Waals surface area contributed by atoms with Gasteiger partial charge in [-0.25, -0.2) is 4.98 Å². The van der Waals surface area contributed by atoms with Gasteiger partial charge < -0.3 is 15.5 Å². The molecule has 2 heterocycles. The van der Waals surface area contributed by atoms with E-state index in [1.807, 2.05) is 20.8 Å². The highest BCUT2D eigenvalue weighted by atomic mass is 32.1. The van der Waals surface area contributed by atoms with Crippen molar-refractivity contribution < 1.29 is 4.42 Å². The predicted octanol–water partition coefficient (Wildman–Crippen LogP) is 1.82. The molecule has 2 rings (SSSR count). The number of hydrogen-bond acceptors (Lipinski definition) is 7. The third-order valence-corrected chi connectivity index (χ3v) is 3.75. The highest BCUT2D eigenvalue weighted by molar-refractivity contribution is 7.11. The zero-order valence-corrected chi connectivity index (χ0v) is 11.5. The lowest BCUT2D eigenvalue weighted by molar-refractivity contribution is 0.502. The molecule has 0 aliphatic carbocycles. The van der Waals surface area contributed by atoms with Crippen LogP contribution in [0.4, 0.5) is 6.01 Å². The molecule has 98 valence electrons. The Kier molecular flexibility index (Phi) is 3.93. The molecule has 0 saturated heterocycles. The lowest BCUT2D eigenvalue weighted by atomic mass is 10.2. The second kappa shape index (κ2) is 5.45. The molecule has 2 aromatic heterocycles. The first-order chi connectivity index (χ1) is 8.60. The number of hydrogen-bond donors (Lipinski definition) is 2. The third kappa shape index (κ3) is 2.85. The third-order valence-electron chi connectivity index (χ3n) is 2.50. The molecular formula is C11H17N5OS. The molecule has 0 saturated carbocycles. The van der Waals surface area contributed by atoms with Crippen molar-refractivity contribution in [1.29, 1.82) is 0 Å². The number of aromatic nitrogens is 3. The van der Waals surface area contributed by atoms with Crippen LogP contribution in [0.5, 0.6) is 0 Å². The van der Waals surface area contributed by atoms with Gasteiger partial charge in [0.05, 0.1) is 16.7 Å². The summed E-state index contributed by atoms with van der Waals surface area (Å²) in [6, 6.07) is 0.527. The predicted molar refractivity (Wildman–Crippen MR) is 70.7 cm³/mol. The van der Waals surface area contributed by atoms with Crippen molar-refractivity contribution in [3.63, 3.8) is 0 Å². The number of nitrogens with two attached hydrogens (primary N) is 1. The Labute approximate surface area is 110 Å². The van der Waals surface area contributed by atoms with Crippen LogP contribution in [0, 0.1) is 13.8 Å². The lowest BCUT2D eigenvalue weighted by Gasteiger charge is -2.09. The fourth-order valence-electron chi connectivity index (χ4n) is 1.74. The summed E-state index contributed by atoms with van der Waals surface area (Å²) in [4.78, 5) is 5.59. The maximum Gasteiger partial charge on any atom is 0.315 e. The fourth-order valence-corrected chi connectivity index (χ4v) is 2.67. The van der Waals surface area contributed by atoms with E-state index in [-0.39, 0.29) is 6.04 Å². The van der Waals surface area contributed by atoms with Gasteiger partial charge in [-0.1, -0.05) is 5.10 Å². The Balaban J connectivity index is 2.06. The minimum Gasteiger partial charge on any atom is -0.408 e. The molecule has 2 aromatic rings. The van der Waals surface area contributed by atoms with Crippen LogP contribution in [-0.4, -0.2) is 21.7 Å². The van der Waals surface area contributed by atoms with E-state index in [0.717, 1.165) is 10.7 Å². The van der Waals surface area contributed by atoms with E-state index < -0.39 is 0 Å². The largest absolute Gasteiger partial charge is 0.408 e. The van der Waals surface area contributed by atoms with Crippen molar-refractivity contribution in [2.24, 2.45) is 5.73 Å². The van der Waals surface area contributed by atoms with Gasteiger partial charge in [0.2, 0.25) is 5.89 Å². The molecule has 18 heavy (non-hydrogen) atoms. The Morgan fingerprint density at radius 1 is 1.39 bits per heavy atom. The number of nitrogens with zero attached hydrogens (tertiary/aromatic N) is 3. The van der Waals surface area contributed by atoms with Crippen molar-refractivity contribution in [2.45, 2.75) is 33.2 Å². The van der Waals surface area contributed by atoms with Gasteiger partial charge >= 0.3 is 6.01 Å². The van der Waals surface area contributed by atoms with Crippen LogP contribution >= 0.6 is 11.3 Å². The van der Waals surface area contributed by atoms with Crippen molar-refractivity contribution in [2.75, 3.05) is 11.9 Å². The van der Waals surface area contributed by atoms with Crippen molar-refractivity contribution in [1.82, 2.24) is 15.2 Å².